The predicted molar refractivity (Wildman–Crippen MR) is 109 cm³/mol. The number of thiophene rings is 1. The minimum absolute atomic E-state index is 0.200. The van der Waals surface area contributed by atoms with E-state index in [0.29, 0.717) is 28.2 Å². The first kappa shape index (κ1) is 20.5. The second-order valence-electron chi connectivity index (χ2n) is 6.69. The lowest BCUT2D eigenvalue weighted by atomic mass is 10.1. The van der Waals surface area contributed by atoms with Gasteiger partial charge in [-0.15, -0.1) is 11.3 Å². The molecule has 0 atom stereocenters. The van der Waals surface area contributed by atoms with Gasteiger partial charge >= 0.3 is 5.97 Å². The van der Waals surface area contributed by atoms with Crippen LogP contribution < -0.4 is 5.32 Å². The van der Waals surface area contributed by atoms with Crippen LogP contribution in [-0.2, 0) is 16.0 Å². The molecule has 0 fully saturated rings. The van der Waals surface area contributed by atoms with Gasteiger partial charge in [-0.1, -0.05) is 0 Å². The maximum Gasteiger partial charge on any atom is 0.341 e. The Morgan fingerprint density at radius 2 is 2.03 bits per heavy atom. The average Bonchev–Trinajstić information content (AvgIpc) is 3.21. The maximum absolute atomic E-state index is 12.6. The molecule has 3 aromatic heterocycles. The highest BCUT2D eigenvalue weighted by Gasteiger charge is 2.22. The highest BCUT2D eigenvalue weighted by atomic mass is 32.1. The van der Waals surface area contributed by atoms with E-state index in [1.54, 1.807) is 4.52 Å². The predicted octanol–water partition coefficient (Wildman–Crippen LogP) is 3.25. The van der Waals surface area contributed by atoms with Crippen molar-refractivity contribution >= 4 is 33.9 Å². The molecule has 3 rings (SSSR count). The van der Waals surface area contributed by atoms with Crippen LogP contribution in [0.4, 0.5) is 5.00 Å². The summed E-state index contributed by atoms with van der Waals surface area (Å²) in [5.41, 5.74) is 4.66. The number of hydrogen-bond donors (Lipinski definition) is 1. The van der Waals surface area contributed by atoms with Crippen LogP contribution >= 0.6 is 11.3 Å². The van der Waals surface area contributed by atoms with Crippen molar-refractivity contribution < 1.29 is 14.3 Å². The van der Waals surface area contributed by atoms with Crippen molar-refractivity contribution in [1.29, 1.82) is 5.26 Å². The Balaban J connectivity index is 1.80. The van der Waals surface area contributed by atoms with E-state index >= 15 is 0 Å². The van der Waals surface area contributed by atoms with Crippen molar-refractivity contribution in [2.45, 2.75) is 40.5 Å². The molecule has 0 saturated carbocycles. The first-order valence-corrected chi connectivity index (χ1v) is 9.82. The van der Waals surface area contributed by atoms with Crippen LogP contribution in [0, 0.1) is 39.0 Å². The number of anilines is 1. The molecule has 3 heterocycles. The molecule has 0 aliphatic rings. The minimum atomic E-state index is -0.463. The summed E-state index contributed by atoms with van der Waals surface area (Å²) in [5, 5.41) is 16.7. The van der Waals surface area contributed by atoms with E-state index < -0.39 is 5.97 Å². The second kappa shape index (κ2) is 8.01. The summed E-state index contributed by atoms with van der Waals surface area (Å²) in [5.74, 6) is -0.663. The van der Waals surface area contributed by atoms with Crippen LogP contribution in [0.25, 0.3) is 5.65 Å². The van der Waals surface area contributed by atoms with E-state index in [1.165, 1.54) is 24.6 Å². The van der Waals surface area contributed by atoms with E-state index in [1.807, 2.05) is 27.7 Å². The highest BCUT2D eigenvalue weighted by molar-refractivity contribution is 7.16. The molecule has 150 valence electrons. The van der Waals surface area contributed by atoms with E-state index in [9.17, 15) is 9.59 Å². The van der Waals surface area contributed by atoms with Gasteiger partial charge in [0.15, 0.2) is 5.65 Å². The second-order valence-corrected chi connectivity index (χ2v) is 7.92. The lowest BCUT2D eigenvalue weighted by Crippen LogP contribution is -2.16. The Hall–Kier alpha value is -3.25. The number of carbonyl (C=O) groups excluding carboxylic acids is 2. The SMILES string of the molecule is COC(=O)c1c(NC(=O)CCc2c(C)nc3c(C#N)cnn3c2C)sc(C)c1C. The normalized spacial score (nSPS) is 10.8. The molecule has 0 radical (unpaired) electrons. The largest absolute Gasteiger partial charge is 0.465 e. The minimum Gasteiger partial charge on any atom is -0.465 e. The zero-order valence-electron chi connectivity index (χ0n) is 16.9. The van der Waals surface area contributed by atoms with Crippen molar-refractivity contribution in [2.24, 2.45) is 0 Å². The van der Waals surface area contributed by atoms with Crippen LogP contribution in [0.5, 0.6) is 0 Å². The monoisotopic (exact) mass is 411 g/mol. The van der Waals surface area contributed by atoms with Crippen molar-refractivity contribution in [3.05, 3.63) is 44.7 Å². The number of carbonyl (C=O) groups is 2. The number of aryl methyl sites for hydroxylation is 3. The third-order valence-electron chi connectivity index (χ3n) is 4.96. The number of esters is 1. The molecule has 0 bridgehead atoms. The van der Waals surface area contributed by atoms with Crippen molar-refractivity contribution in [3.63, 3.8) is 0 Å². The molecule has 0 aliphatic heterocycles. The van der Waals surface area contributed by atoms with Gasteiger partial charge in [-0.2, -0.15) is 10.4 Å². The Bertz CT molecular complexity index is 1170. The first-order valence-electron chi connectivity index (χ1n) is 9.00. The molecule has 1 N–H and O–H groups in total. The van der Waals surface area contributed by atoms with Gasteiger partial charge in [0, 0.05) is 22.7 Å². The summed E-state index contributed by atoms with van der Waals surface area (Å²) in [4.78, 5) is 30.1. The molecular weight excluding hydrogens is 390 g/mol. The number of hydrogen-bond acceptors (Lipinski definition) is 7. The molecule has 0 aromatic carbocycles. The topological polar surface area (TPSA) is 109 Å². The van der Waals surface area contributed by atoms with Crippen molar-refractivity contribution in [1.82, 2.24) is 14.6 Å². The van der Waals surface area contributed by atoms with Crippen LogP contribution in [0.2, 0.25) is 0 Å². The van der Waals surface area contributed by atoms with E-state index in [0.717, 1.165) is 27.4 Å². The number of nitrogens with zero attached hydrogens (tertiary/aromatic N) is 4. The molecule has 0 aliphatic carbocycles. The summed E-state index contributed by atoms with van der Waals surface area (Å²) < 4.78 is 6.47. The maximum atomic E-state index is 12.6. The molecule has 1 amide bonds. The van der Waals surface area contributed by atoms with Crippen LogP contribution in [0.15, 0.2) is 6.20 Å². The van der Waals surface area contributed by atoms with Crippen LogP contribution in [0.3, 0.4) is 0 Å². The third-order valence-corrected chi connectivity index (χ3v) is 6.08. The molecule has 3 aromatic rings. The molecule has 8 nitrogen and oxygen atoms in total. The van der Waals surface area contributed by atoms with E-state index in [-0.39, 0.29) is 12.3 Å². The van der Waals surface area contributed by atoms with Crippen molar-refractivity contribution in [2.75, 3.05) is 12.4 Å². The Kier molecular flexibility index (Phi) is 5.66. The molecule has 0 unspecified atom stereocenters. The number of fused-ring (bicyclic) bond motifs is 1. The van der Waals surface area contributed by atoms with Crippen LogP contribution in [0.1, 0.15) is 49.7 Å². The standard InChI is InChI=1S/C20H21N5O3S/c1-10-13(4)29-19(17(10)20(27)28-5)24-16(26)7-6-15-11(2)23-18-14(8-21)9-22-25(18)12(15)3/h9H,6-7H2,1-5H3,(H,24,26). The van der Waals surface area contributed by atoms with Gasteiger partial charge in [0.1, 0.15) is 16.6 Å². The van der Waals surface area contributed by atoms with Crippen molar-refractivity contribution in [3.8, 4) is 6.07 Å². The lowest BCUT2D eigenvalue weighted by molar-refractivity contribution is -0.116. The number of ether oxygens (including phenoxy) is 1. The summed E-state index contributed by atoms with van der Waals surface area (Å²) >= 11 is 1.36. The van der Waals surface area contributed by atoms with E-state index in [4.69, 9.17) is 10.00 Å². The van der Waals surface area contributed by atoms with E-state index in [2.05, 4.69) is 21.5 Å². The number of aromatic nitrogens is 3. The van der Waals surface area contributed by atoms with Gasteiger partial charge in [0.05, 0.1) is 18.9 Å². The van der Waals surface area contributed by atoms with Gasteiger partial charge in [-0.05, 0) is 45.2 Å². The Morgan fingerprint density at radius 3 is 2.69 bits per heavy atom. The first-order chi connectivity index (χ1) is 13.8. The fraction of sp³-hybridized carbons (Fsp3) is 0.350. The fourth-order valence-electron chi connectivity index (χ4n) is 3.24. The average molecular weight is 411 g/mol. The van der Waals surface area contributed by atoms with Gasteiger partial charge in [0.2, 0.25) is 5.91 Å². The number of nitriles is 1. The molecule has 9 heteroatoms. The van der Waals surface area contributed by atoms with Crippen LogP contribution in [-0.4, -0.2) is 33.6 Å². The van der Waals surface area contributed by atoms with Gasteiger partial charge in [-0.25, -0.2) is 14.3 Å². The van der Waals surface area contributed by atoms with Gasteiger partial charge < -0.3 is 10.1 Å². The number of amides is 1. The number of nitrogens with one attached hydrogen (secondary N) is 1. The lowest BCUT2D eigenvalue weighted by Gasteiger charge is -2.11. The Labute approximate surface area is 172 Å². The third kappa shape index (κ3) is 3.71. The smallest absolute Gasteiger partial charge is 0.341 e. The number of rotatable bonds is 5. The number of methoxy groups -OCH3 is 1. The fourth-order valence-corrected chi connectivity index (χ4v) is 4.31. The zero-order valence-corrected chi connectivity index (χ0v) is 17.7. The summed E-state index contributed by atoms with van der Waals surface area (Å²) in [6, 6.07) is 2.08. The molecule has 0 saturated heterocycles. The van der Waals surface area contributed by atoms with Gasteiger partial charge in [0.25, 0.3) is 0 Å². The Morgan fingerprint density at radius 1 is 1.31 bits per heavy atom. The zero-order chi connectivity index (χ0) is 21.3. The van der Waals surface area contributed by atoms with Gasteiger partial charge in [-0.3, -0.25) is 4.79 Å². The molecular formula is C20H21N5O3S. The quantitative estimate of drug-likeness (QED) is 0.646. The summed E-state index contributed by atoms with van der Waals surface area (Å²) in [6.45, 7) is 7.48. The summed E-state index contributed by atoms with van der Waals surface area (Å²) in [6.07, 6.45) is 2.17. The molecule has 0 spiro atoms. The molecule has 29 heavy (non-hydrogen) atoms. The summed E-state index contributed by atoms with van der Waals surface area (Å²) in [7, 11) is 1.32. The highest BCUT2D eigenvalue weighted by Crippen LogP contribution is 2.33.